The van der Waals surface area contributed by atoms with Gasteiger partial charge in [-0.1, -0.05) is 18.2 Å². The van der Waals surface area contributed by atoms with Crippen LogP contribution in [0.1, 0.15) is 16.8 Å². The van der Waals surface area contributed by atoms with Crippen LogP contribution in [0.5, 0.6) is 0 Å². The number of anilines is 1. The highest BCUT2D eigenvalue weighted by molar-refractivity contribution is 7.84. The number of ether oxygens (including phenoxy) is 1. The average Bonchev–Trinajstić information content (AvgIpc) is 3.09. The van der Waals surface area contributed by atoms with Gasteiger partial charge in [-0.2, -0.15) is 0 Å². The molecule has 24 heavy (non-hydrogen) atoms. The van der Waals surface area contributed by atoms with E-state index in [1.807, 2.05) is 18.2 Å². The summed E-state index contributed by atoms with van der Waals surface area (Å²) in [5, 5.41) is 0. The van der Waals surface area contributed by atoms with Crippen molar-refractivity contribution in [3.05, 3.63) is 60.2 Å². The van der Waals surface area contributed by atoms with Crippen LogP contribution in [-0.4, -0.2) is 36.1 Å². The van der Waals surface area contributed by atoms with Crippen molar-refractivity contribution in [2.45, 2.75) is 11.3 Å². The summed E-state index contributed by atoms with van der Waals surface area (Å²) in [7, 11) is -1.04. The van der Waals surface area contributed by atoms with Crippen LogP contribution in [0.15, 0.2) is 59.5 Å². The van der Waals surface area contributed by atoms with Crippen molar-refractivity contribution in [2.24, 2.45) is 5.92 Å². The number of esters is 1. The molecule has 1 saturated heterocycles. The fourth-order valence-electron chi connectivity index (χ4n) is 2.90. The first-order chi connectivity index (χ1) is 11.6. The second-order valence-corrected chi connectivity index (χ2v) is 7.39. The molecule has 1 aliphatic rings. The molecule has 0 aromatic heterocycles. The molecule has 2 aromatic carbocycles. The molecule has 0 N–H and O–H groups in total. The fraction of sp³-hybridized carbons (Fsp3) is 0.316. The molecule has 3 rings (SSSR count). The number of carbonyl (C=O) groups excluding carboxylic acids is 1. The van der Waals surface area contributed by atoms with Crippen LogP contribution in [0.4, 0.5) is 5.69 Å². The van der Waals surface area contributed by atoms with Crippen molar-refractivity contribution in [2.75, 3.05) is 30.9 Å². The zero-order chi connectivity index (χ0) is 16.9. The van der Waals surface area contributed by atoms with E-state index < -0.39 is 10.8 Å². The molecular formula is C19H21NO3S. The van der Waals surface area contributed by atoms with E-state index in [-0.39, 0.29) is 5.97 Å². The molecule has 4 nitrogen and oxygen atoms in total. The summed E-state index contributed by atoms with van der Waals surface area (Å²) >= 11 is 0. The number of benzene rings is 2. The molecule has 0 bridgehead atoms. The molecule has 2 atom stereocenters. The van der Waals surface area contributed by atoms with E-state index >= 15 is 0 Å². The highest BCUT2D eigenvalue weighted by Crippen LogP contribution is 2.23. The maximum atomic E-state index is 12.1. The van der Waals surface area contributed by atoms with E-state index in [2.05, 4.69) is 17.0 Å². The number of hydrogen-bond donors (Lipinski definition) is 0. The number of carbonyl (C=O) groups is 1. The third kappa shape index (κ3) is 4.03. The monoisotopic (exact) mass is 343 g/mol. The van der Waals surface area contributed by atoms with Gasteiger partial charge >= 0.3 is 5.97 Å². The Morgan fingerprint density at radius 3 is 2.54 bits per heavy atom. The standard InChI is InChI=1S/C19H21NO3S/c1-24(22)18-9-7-16(8-10-18)19(21)23-14-15-11-12-20(13-15)17-5-3-2-4-6-17/h2-10,15H,11-14H2,1H3. The lowest BCUT2D eigenvalue weighted by atomic mass is 10.1. The van der Waals surface area contributed by atoms with E-state index in [1.54, 1.807) is 30.5 Å². The Bertz CT molecular complexity index is 715. The topological polar surface area (TPSA) is 46.6 Å². The molecule has 0 spiro atoms. The van der Waals surface area contributed by atoms with Crippen molar-refractivity contribution < 1.29 is 13.7 Å². The van der Waals surface area contributed by atoms with Crippen LogP contribution in [0.3, 0.4) is 0 Å². The van der Waals surface area contributed by atoms with Gasteiger partial charge in [-0.3, -0.25) is 4.21 Å². The van der Waals surface area contributed by atoms with Gasteiger partial charge in [0.25, 0.3) is 0 Å². The molecule has 5 heteroatoms. The van der Waals surface area contributed by atoms with Gasteiger partial charge in [-0.15, -0.1) is 0 Å². The summed E-state index contributed by atoms with van der Waals surface area (Å²) in [5.74, 6) is 0.0400. The average molecular weight is 343 g/mol. The fourth-order valence-corrected chi connectivity index (χ4v) is 3.42. The van der Waals surface area contributed by atoms with Crippen LogP contribution in [0.25, 0.3) is 0 Å². The SMILES string of the molecule is CS(=O)c1ccc(C(=O)OCC2CCN(c3ccccc3)C2)cc1. The Hall–Kier alpha value is -2.14. The molecule has 0 aliphatic carbocycles. The van der Waals surface area contributed by atoms with Gasteiger partial charge in [0.2, 0.25) is 0 Å². The Kier molecular flexibility index (Phi) is 5.30. The van der Waals surface area contributed by atoms with Crippen LogP contribution in [-0.2, 0) is 15.5 Å². The summed E-state index contributed by atoms with van der Waals surface area (Å²) in [6.45, 7) is 2.33. The normalized spacial score (nSPS) is 18.4. The second-order valence-electron chi connectivity index (χ2n) is 6.01. The summed E-state index contributed by atoms with van der Waals surface area (Å²) in [6, 6.07) is 17.1. The molecule has 0 saturated carbocycles. The molecule has 2 aromatic rings. The van der Waals surface area contributed by atoms with E-state index in [0.29, 0.717) is 23.0 Å². The second kappa shape index (κ2) is 7.62. The van der Waals surface area contributed by atoms with E-state index in [4.69, 9.17) is 4.74 Å². The van der Waals surface area contributed by atoms with Crippen molar-refractivity contribution in [1.29, 1.82) is 0 Å². The van der Waals surface area contributed by atoms with Gasteiger partial charge in [0.05, 0.1) is 12.2 Å². The largest absolute Gasteiger partial charge is 0.462 e. The summed E-state index contributed by atoms with van der Waals surface area (Å²) in [5.41, 5.74) is 1.72. The molecular weight excluding hydrogens is 322 g/mol. The quantitative estimate of drug-likeness (QED) is 0.783. The maximum Gasteiger partial charge on any atom is 0.338 e. The van der Waals surface area contributed by atoms with E-state index in [9.17, 15) is 9.00 Å². The third-order valence-electron chi connectivity index (χ3n) is 4.28. The van der Waals surface area contributed by atoms with Gasteiger partial charge in [0.1, 0.15) is 0 Å². The summed E-state index contributed by atoms with van der Waals surface area (Å²) < 4.78 is 16.8. The van der Waals surface area contributed by atoms with Gasteiger partial charge in [0.15, 0.2) is 0 Å². The summed E-state index contributed by atoms with van der Waals surface area (Å²) in [6.07, 6.45) is 2.64. The lowest BCUT2D eigenvalue weighted by Crippen LogP contribution is -2.21. The first-order valence-electron chi connectivity index (χ1n) is 8.04. The molecule has 1 fully saturated rings. The van der Waals surface area contributed by atoms with Gasteiger partial charge in [0, 0.05) is 46.6 Å². The van der Waals surface area contributed by atoms with Crippen molar-refractivity contribution >= 4 is 22.5 Å². The van der Waals surface area contributed by atoms with Crippen LogP contribution in [0, 0.1) is 5.92 Å². The number of hydrogen-bond acceptors (Lipinski definition) is 4. The first-order valence-corrected chi connectivity index (χ1v) is 9.60. The van der Waals surface area contributed by atoms with Crippen molar-refractivity contribution in [3.8, 4) is 0 Å². The van der Waals surface area contributed by atoms with Gasteiger partial charge < -0.3 is 9.64 Å². The van der Waals surface area contributed by atoms with Gasteiger partial charge in [-0.25, -0.2) is 4.79 Å². The number of rotatable bonds is 5. The molecule has 126 valence electrons. The predicted molar refractivity (Wildman–Crippen MR) is 95.8 cm³/mol. The van der Waals surface area contributed by atoms with Crippen molar-refractivity contribution in [3.63, 3.8) is 0 Å². The molecule has 2 unspecified atom stereocenters. The van der Waals surface area contributed by atoms with Crippen LogP contribution < -0.4 is 4.90 Å². The van der Waals surface area contributed by atoms with Gasteiger partial charge in [-0.05, 0) is 42.8 Å². The van der Waals surface area contributed by atoms with Crippen LogP contribution >= 0.6 is 0 Å². The molecule has 0 amide bonds. The van der Waals surface area contributed by atoms with E-state index in [1.165, 1.54) is 5.69 Å². The lowest BCUT2D eigenvalue weighted by Gasteiger charge is -2.18. The molecule has 1 aliphatic heterocycles. The molecule has 0 radical (unpaired) electrons. The minimum atomic E-state index is -1.04. The minimum absolute atomic E-state index is 0.318. The Labute approximate surface area is 144 Å². The predicted octanol–water partition coefficient (Wildman–Crippen LogP) is 3.11. The smallest absolute Gasteiger partial charge is 0.338 e. The third-order valence-corrected chi connectivity index (χ3v) is 5.22. The maximum absolute atomic E-state index is 12.1. The zero-order valence-electron chi connectivity index (χ0n) is 13.7. The number of nitrogens with zero attached hydrogens (tertiary/aromatic N) is 1. The molecule has 1 heterocycles. The number of para-hydroxylation sites is 1. The Morgan fingerprint density at radius 2 is 1.88 bits per heavy atom. The van der Waals surface area contributed by atoms with Crippen LogP contribution in [0.2, 0.25) is 0 Å². The minimum Gasteiger partial charge on any atom is -0.462 e. The lowest BCUT2D eigenvalue weighted by molar-refractivity contribution is 0.0451. The zero-order valence-corrected chi connectivity index (χ0v) is 14.5. The highest BCUT2D eigenvalue weighted by atomic mass is 32.2. The summed E-state index contributed by atoms with van der Waals surface area (Å²) in [4.78, 5) is 15.2. The Balaban J connectivity index is 1.51. The highest BCUT2D eigenvalue weighted by Gasteiger charge is 2.24. The Morgan fingerprint density at radius 1 is 1.17 bits per heavy atom. The van der Waals surface area contributed by atoms with E-state index in [0.717, 1.165) is 19.5 Å². The van der Waals surface area contributed by atoms with Crippen molar-refractivity contribution in [1.82, 2.24) is 0 Å². The first kappa shape index (κ1) is 16.7.